The lowest BCUT2D eigenvalue weighted by Crippen LogP contribution is -2.09. The van der Waals surface area contributed by atoms with Crippen molar-refractivity contribution < 1.29 is 25.8 Å². The standard InChI is InChI=1S/C15H13F3O3S/c16-15(17,18)13-8-6-12(7-9-13)10-11-21-22(19,20)14-4-2-1-3-5-14/h1-9H,10-11H2. The summed E-state index contributed by atoms with van der Waals surface area (Å²) in [5, 5.41) is 0. The molecule has 0 aliphatic rings. The SMILES string of the molecule is O=S(=O)(OCCc1ccc(C(F)(F)F)cc1)c1ccccc1. The van der Waals surface area contributed by atoms with Gasteiger partial charge >= 0.3 is 6.18 Å². The van der Waals surface area contributed by atoms with Crippen LogP contribution in [0, 0.1) is 0 Å². The summed E-state index contributed by atoms with van der Waals surface area (Å²) >= 11 is 0. The van der Waals surface area contributed by atoms with E-state index in [9.17, 15) is 21.6 Å². The number of hydrogen-bond acceptors (Lipinski definition) is 3. The van der Waals surface area contributed by atoms with E-state index in [4.69, 9.17) is 4.18 Å². The zero-order valence-electron chi connectivity index (χ0n) is 11.4. The van der Waals surface area contributed by atoms with Gasteiger partial charge in [-0.3, -0.25) is 4.18 Å². The Morgan fingerprint density at radius 2 is 1.50 bits per heavy atom. The first-order valence-electron chi connectivity index (χ1n) is 6.40. The fraction of sp³-hybridized carbons (Fsp3) is 0.200. The Labute approximate surface area is 126 Å². The molecule has 2 aromatic carbocycles. The van der Waals surface area contributed by atoms with Crippen molar-refractivity contribution in [1.82, 2.24) is 0 Å². The second kappa shape index (κ2) is 6.50. The maximum Gasteiger partial charge on any atom is 0.416 e. The van der Waals surface area contributed by atoms with Crippen LogP contribution < -0.4 is 0 Å². The van der Waals surface area contributed by atoms with Crippen molar-refractivity contribution in [2.75, 3.05) is 6.61 Å². The van der Waals surface area contributed by atoms with E-state index in [0.717, 1.165) is 12.1 Å². The molecule has 7 heteroatoms. The molecule has 3 nitrogen and oxygen atoms in total. The van der Waals surface area contributed by atoms with Gasteiger partial charge in [-0.25, -0.2) is 0 Å². The van der Waals surface area contributed by atoms with Gasteiger partial charge in [0.05, 0.1) is 17.1 Å². The van der Waals surface area contributed by atoms with E-state index in [-0.39, 0.29) is 17.9 Å². The molecule has 0 bridgehead atoms. The first-order valence-corrected chi connectivity index (χ1v) is 7.80. The second-order valence-electron chi connectivity index (χ2n) is 4.53. The molecule has 0 amide bonds. The lowest BCUT2D eigenvalue weighted by molar-refractivity contribution is -0.137. The summed E-state index contributed by atoms with van der Waals surface area (Å²) in [6.07, 6.45) is -4.18. The Morgan fingerprint density at radius 3 is 2.05 bits per heavy atom. The van der Waals surface area contributed by atoms with Crippen LogP contribution in [0.3, 0.4) is 0 Å². The number of benzene rings is 2. The van der Waals surface area contributed by atoms with E-state index in [1.807, 2.05) is 0 Å². The van der Waals surface area contributed by atoms with Crippen LogP contribution in [0.2, 0.25) is 0 Å². The summed E-state index contributed by atoms with van der Waals surface area (Å²) < 4.78 is 65.8. The van der Waals surface area contributed by atoms with E-state index in [1.165, 1.54) is 24.3 Å². The minimum atomic E-state index is -4.38. The molecule has 0 saturated heterocycles. The molecule has 0 fully saturated rings. The highest BCUT2D eigenvalue weighted by Crippen LogP contribution is 2.29. The maximum absolute atomic E-state index is 12.4. The topological polar surface area (TPSA) is 43.4 Å². The van der Waals surface area contributed by atoms with Crippen molar-refractivity contribution in [2.45, 2.75) is 17.5 Å². The number of alkyl halides is 3. The highest BCUT2D eigenvalue weighted by atomic mass is 32.2. The first-order chi connectivity index (χ1) is 10.3. The van der Waals surface area contributed by atoms with Crippen LogP contribution in [0.1, 0.15) is 11.1 Å². The molecule has 0 aliphatic carbocycles. The average Bonchev–Trinajstić information content (AvgIpc) is 2.48. The van der Waals surface area contributed by atoms with Gasteiger partial charge in [0.2, 0.25) is 0 Å². The van der Waals surface area contributed by atoms with Gasteiger partial charge < -0.3 is 0 Å². The summed E-state index contributed by atoms with van der Waals surface area (Å²) in [6, 6.07) is 12.2. The molecule has 0 atom stereocenters. The Kier molecular flexibility index (Phi) is 4.87. The van der Waals surface area contributed by atoms with Crippen molar-refractivity contribution in [1.29, 1.82) is 0 Å². The van der Waals surface area contributed by atoms with Gasteiger partial charge in [-0.2, -0.15) is 21.6 Å². The maximum atomic E-state index is 12.4. The molecule has 118 valence electrons. The number of rotatable bonds is 5. The zero-order chi connectivity index (χ0) is 16.2. The van der Waals surface area contributed by atoms with E-state index >= 15 is 0 Å². The fourth-order valence-corrected chi connectivity index (χ4v) is 2.71. The molecule has 0 saturated carbocycles. The van der Waals surface area contributed by atoms with Crippen molar-refractivity contribution in [3.8, 4) is 0 Å². The Morgan fingerprint density at radius 1 is 0.909 bits per heavy atom. The van der Waals surface area contributed by atoms with Crippen LogP contribution >= 0.6 is 0 Å². The van der Waals surface area contributed by atoms with E-state index in [1.54, 1.807) is 18.2 Å². The van der Waals surface area contributed by atoms with Gasteiger partial charge in [-0.05, 0) is 36.2 Å². The largest absolute Gasteiger partial charge is 0.416 e. The van der Waals surface area contributed by atoms with Crippen LogP contribution in [0.4, 0.5) is 13.2 Å². The molecule has 2 rings (SSSR count). The van der Waals surface area contributed by atoms with Crippen molar-refractivity contribution in [2.24, 2.45) is 0 Å². The van der Waals surface area contributed by atoms with Crippen LogP contribution in [-0.4, -0.2) is 15.0 Å². The van der Waals surface area contributed by atoms with Crippen molar-refractivity contribution in [3.05, 3.63) is 65.7 Å². The lowest BCUT2D eigenvalue weighted by atomic mass is 10.1. The van der Waals surface area contributed by atoms with Crippen molar-refractivity contribution in [3.63, 3.8) is 0 Å². The minimum Gasteiger partial charge on any atom is -0.266 e. The highest BCUT2D eigenvalue weighted by Gasteiger charge is 2.29. The van der Waals surface area contributed by atoms with Crippen LogP contribution in [0.5, 0.6) is 0 Å². The van der Waals surface area contributed by atoms with Gasteiger partial charge in [0.25, 0.3) is 10.1 Å². The van der Waals surface area contributed by atoms with Gasteiger partial charge in [0.1, 0.15) is 0 Å². The first kappa shape index (κ1) is 16.5. The Bertz CT molecular complexity index is 708. The summed E-state index contributed by atoms with van der Waals surface area (Å²) in [4.78, 5) is 0.0439. The van der Waals surface area contributed by atoms with Crippen molar-refractivity contribution >= 4 is 10.1 Å². The van der Waals surface area contributed by atoms with Crippen LogP contribution in [0.25, 0.3) is 0 Å². The molecule has 2 aromatic rings. The molecule has 0 spiro atoms. The van der Waals surface area contributed by atoms with Gasteiger partial charge in [-0.1, -0.05) is 30.3 Å². The normalized spacial score (nSPS) is 12.3. The van der Waals surface area contributed by atoms with Gasteiger partial charge in [0, 0.05) is 0 Å². The molecule has 0 heterocycles. The number of hydrogen-bond donors (Lipinski definition) is 0. The molecular weight excluding hydrogens is 317 g/mol. The third kappa shape index (κ3) is 4.32. The van der Waals surface area contributed by atoms with E-state index in [0.29, 0.717) is 5.56 Å². The fourth-order valence-electron chi connectivity index (χ4n) is 1.78. The van der Waals surface area contributed by atoms with Crippen LogP contribution in [0.15, 0.2) is 59.5 Å². The second-order valence-corrected chi connectivity index (χ2v) is 6.15. The summed E-state index contributed by atoms with van der Waals surface area (Å²) in [5.41, 5.74) is -0.176. The van der Waals surface area contributed by atoms with E-state index < -0.39 is 21.9 Å². The van der Waals surface area contributed by atoms with Gasteiger partial charge in [0.15, 0.2) is 0 Å². The predicted molar refractivity (Wildman–Crippen MR) is 74.7 cm³/mol. The molecule has 22 heavy (non-hydrogen) atoms. The monoisotopic (exact) mass is 330 g/mol. The molecule has 0 radical (unpaired) electrons. The molecule has 0 unspecified atom stereocenters. The van der Waals surface area contributed by atoms with Crippen LogP contribution in [-0.2, 0) is 26.9 Å². The lowest BCUT2D eigenvalue weighted by Gasteiger charge is -2.08. The average molecular weight is 330 g/mol. The molecule has 0 aliphatic heterocycles. The summed E-state index contributed by atoms with van der Waals surface area (Å²) in [5.74, 6) is 0. The quantitative estimate of drug-likeness (QED) is 0.786. The Hall–Kier alpha value is -1.86. The Balaban J connectivity index is 1.94. The molecule has 0 aromatic heterocycles. The number of halogens is 3. The highest BCUT2D eigenvalue weighted by molar-refractivity contribution is 7.86. The molecule has 0 N–H and O–H groups in total. The third-order valence-electron chi connectivity index (χ3n) is 2.94. The molecular formula is C15H13F3O3S. The smallest absolute Gasteiger partial charge is 0.266 e. The summed E-state index contributed by atoms with van der Waals surface area (Å²) in [7, 11) is -3.84. The van der Waals surface area contributed by atoms with Gasteiger partial charge in [-0.15, -0.1) is 0 Å². The zero-order valence-corrected chi connectivity index (χ0v) is 12.2. The third-order valence-corrected chi connectivity index (χ3v) is 4.27. The van der Waals surface area contributed by atoms with E-state index in [2.05, 4.69) is 0 Å². The summed E-state index contributed by atoms with van der Waals surface area (Å²) in [6.45, 7) is -0.136. The minimum absolute atomic E-state index is 0.0439. The predicted octanol–water partition coefficient (Wildman–Crippen LogP) is 3.65.